The Labute approximate surface area is 151 Å². The summed E-state index contributed by atoms with van der Waals surface area (Å²) in [6.07, 6.45) is 4.47. The summed E-state index contributed by atoms with van der Waals surface area (Å²) in [5, 5.41) is 0. The van der Waals surface area contributed by atoms with Crippen molar-refractivity contribution in [2.75, 3.05) is 27.9 Å². The molecular formula is C19H21NO6. The minimum atomic E-state index is -0.450. The number of methoxy groups -OCH3 is 2. The number of rotatable bonds is 8. The lowest BCUT2D eigenvalue weighted by molar-refractivity contribution is -0.135. The van der Waals surface area contributed by atoms with Crippen molar-refractivity contribution in [1.29, 1.82) is 0 Å². The number of furan rings is 1. The average molecular weight is 359 g/mol. The summed E-state index contributed by atoms with van der Waals surface area (Å²) in [6.45, 7) is 0.231. The van der Waals surface area contributed by atoms with Gasteiger partial charge >= 0.3 is 5.97 Å². The van der Waals surface area contributed by atoms with Crippen LogP contribution in [-0.2, 0) is 20.9 Å². The first-order valence-electron chi connectivity index (χ1n) is 7.86. The van der Waals surface area contributed by atoms with Gasteiger partial charge in [-0.3, -0.25) is 4.79 Å². The van der Waals surface area contributed by atoms with Gasteiger partial charge in [-0.1, -0.05) is 6.07 Å². The van der Waals surface area contributed by atoms with Crippen molar-refractivity contribution in [3.05, 3.63) is 54.0 Å². The van der Waals surface area contributed by atoms with Crippen molar-refractivity contribution in [2.24, 2.45) is 0 Å². The second kappa shape index (κ2) is 9.31. The maximum atomic E-state index is 12.2. The molecule has 2 aromatic rings. The van der Waals surface area contributed by atoms with Gasteiger partial charge in [-0.15, -0.1) is 0 Å². The molecule has 0 aliphatic rings. The van der Waals surface area contributed by atoms with E-state index in [2.05, 4.69) is 4.74 Å². The van der Waals surface area contributed by atoms with E-state index in [4.69, 9.17) is 13.9 Å². The number of nitrogens with zero attached hydrogens (tertiary/aromatic N) is 1. The highest BCUT2D eigenvalue weighted by Crippen LogP contribution is 2.28. The maximum Gasteiger partial charge on any atom is 0.330 e. The molecule has 26 heavy (non-hydrogen) atoms. The Balaban J connectivity index is 1.96. The second-order valence-corrected chi connectivity index (χ2v) is 5.38. The van der Waals surface area contributed by atoms with Gasteiger partial charge in [0.1, 0.15) is 5.76 Å². The molecule has 1 aromatic carbocycles. The molecule has 0 unspecified atom stereocenters. The molecule has 0 fully saturated rings. The Bertz CT molecular complexity index is 766. The van der Waals surface area contributed by atoms with Crippen LogP contribution < -0.4 is 9.47 Å². The molecule has 0 saturated heterocycles. The zero-order valence-electron chi connectivity index (χ0n) is 14.9. The summed E-state index contributed by atoms with van der Waals surface area (Å²) >= 11 is 0. The molecule has 0 saturated carbocycles. The number of carbonyl (C=O) groups is 2. The Hall–Kier alpha value is -3.22. The minimum Gasteiger partial charge on any atom is -0.493 e. The summed E-state index contributed by atoms with van der Waals surface area (Å²) in [7, 11) is 4.48. The van der Waals surface area contributed by atoms with Crippen molar-refractivity contribution in [3.63, 3.8) is 0 Å². The lowest BCUT2D eigenvalue weighted by atomic mass is 10.2. The Morgan fingerprint density at radius 3 is 2.65 bits per heavy atom. The Morgan fingerprint density at radius 1 is 1.19 bits per heavy atom. The molecule has 0 radical (unpaired) electrons. The fourth-order valence-corrected chi connectivity index (χ4v) is 2.11. The summed E-state index contributed by atoms with van der Waals surface area (Å²) in [5.74, 6) is 0.939. The van der Waals surface area contributed by atoms with Crippen LogP contribution in [0.3, 0.4) is 0 Å². The van der Waals surface area contributed by atoms with Crippen LogP contribution in [-0.4, -0.2) is 44.7 Å². The molecule has 0 spiro atoms. The molecule has 7 nitrogen and oxygen atoms in total. The molecule has 0 aliphatic heterocycles. The van der Waals surface area contributed by atoms with Crippen molar-refractivity contribution in [3.8, 4) is 11.5 Å². The number of esters is 1. The van der Waals surface area contributed by atoms with E-state index < -0.39 is 5.97 Å². The van der Waals surface area contributed by atoms with E-state index in [1.54, 1.807) is 49.7 Å². The first kappa shape index (κ1) is 19.1. The number of carbonyl (C=O) groups excluding carboxylic acids is 2. The maximum absolute atomic E-state index is 12.2. The van der Waals surface area contributed by atoms with Gasteiger partial charge in [-0.2, -0.15) is 0 Å². The highest BCUT2D eigenvalue weighted by molar-refractivity contribution is 5.87. The predicted octanol–water partition coefficient (Wildman–Crippen LogP) is 2.51. The summed E-state index contributed by atoms with van der Waals surface area (Å²) in [5.41, 5.74) is 0.737. The zero-order chi connectivity index (χ0) is 18.9. The van der Waals surface area contributed by atoms with Crippen molar-refractivity contribution >= 4 is 18.0 Å². The van der Waals surface area contributed by atoms with Crippen molar-refractivity contribution in [1.82, 2.24) is 4.90 Å². The zero-order valence-corrected chi connectivity index (χ0v) is 14.9. The molecule has 7 heteroatoms. The largest absolute Gasteiger partial charge is 0.493 e. The monoisotopic (exact) mass is 359 g/mol. The number of benzene rings is 1. The average Bonchev–Trinajstić information content (AvgIpc) is 3.17. The third kappa shape index (κ3) is 5.41. The number of likely N-dealkylation sites (N-methyl/N-ethyl adjacent to an activating group) is 1. The lowest BCUT2D eigenvalue weighted by Crippen LogP contribution is -2.30. The Morgan fingerprint density at radius 2 is 2.00 bits per heavy atom. The topological polar surface area (TPSA) is 78.2 Å². The normalized spacial score (nSPS) is 10.6. The summed E-state index contributed by atoms with van der Waals surface area (Å²) in [4.78, 5) is 24.8. The van der Waals surface area contributed by atoms with Crippen LogP contribution in [0.15, 0.2) is 47.1 Å². The number of ether oxygens (including phenoxy) is 3. The predicted molar refractivity (Wildman–Crippen MR) is 94.7 cm³/mol. The van der Waals surface area contributed by atoms with Crippen molar-refractivity contribution < 1.29 is 28.2 Å². The minimum absolute atomic E-state index is 0.134. The van der Waals surface area contributed by atoms with Gasteiger partial charge in [0.25, 0.3) is 5.91 Å². The molecule has 0 atom stereocenters. The van der Waals surface area contributed by atoms with E-state index in [-0.39, 0.29) is 12.5 Å². The van der Waals surface area contributed by atoms with Crippen LogP contribution in [0, 0.1) is 0 Å². The fourth-order valence-electron chi connectivity index (χ4n) is 2.11. The first-order valence-corrected chi connectivity index (χ1v) is 7.86. The van der Waals surface area contributed by atoms with Gasteiger partial charge < -0.3 is 23.5 Å². The van der Waals surface area contributed by atoms with E-state index in [1.807, 2.05) is 0 Å². The molecule has 2 rings (SSSR count). The van der Waals surface area contributed by atoms with Gasteiger partial charge in [-0.25, -0.2) is 4.79 Å². The van der Waals surface area contributed by atoms with Gasteiger partial charge in [0.2, 0.25) is 0 Å². The van der Waals surface area contributed by atoms with Crippen molar-refractivity contribution in [2.45, 2.75) is 6.54 Å². The highest BCUT2D eigenvalue weighted by atomic mass is 16.5. The quantitative estimate of drug-likeness (QED) is 0.532. The highest BCUT2D eigenvalue weighted by Gasteiger charge is 2.13. The number of hydrogen-bond donors (Lipinski definition) is 0. The lowest BCUT2D eigenvalue weighted by Gasteiger charge is -2.17. The molecule has 1 aromatic heterocycles. The van der Waals surface area contributed by atoms with Gasteiger partial charge in [0, 0.05) is 13.1 Å². The number of amides is 1. The summed E-state index contributed by atoms with van der Waals surface area (Å²) in [6, 6.07) is 8.69. The van der Waals surface area contributed by atoms with Gasteiger partial charge in [0.15, 0.2) is 18.1 Å². The molecule has 0 aliphatic carbocycles. The van der Waals surface area contributed by atoms with Crippen LogP contribution >= 0.6 is 0 Å². The molecule has 0 bridgehead atoms. The van der Waals surface area contributed by atoms with E-state index >= 15 is 0 Å². The molecular weight excluding hydrogens is 338 g/mol. The van der Waals surface area contributed by atoms with E-state index in [9.17, 15) is 9.59 Å². The molecule has 1 heterocycles. The van der Waals surface area contributed by atoms with Crippen LogP contribution in [0.25, 0.3) is 6.08 Å². The van der Waals surface area contributed by atoms with Crippen LogP contribution in [0.2, 0.25) is 0 Å². The second-order valence-electron chi connectivity index (χ2n) is 5.38. The van der Waals surface area contributed by atoms with E-state index in [1.165, 1.54) is 25.2 Å². The smallest absolute Gasteiger partial charge is 0.330 e. The SMILES string of the molecule is COC(=O)/C=C/c1ccc(OCC(=O)N(C)Cc2ccco2)c(OC)c1. The van der Waals surface area contributed by atoms with Crippen LogP contribution in [0.4, 0.5) is 0 Å². The Kier molecular flexibility index (Phi) is 6.84. The molecule has 138 valence electrons. The third-order valence-electron chi connectivity index (χ3n) is 3.55. The standard InChI is InChI=1S/C19H21NO6/c1-20(12-15-5-4-10-25-15)18(21)13-26-16-8-6-14(11-17(16)23-2)7-9-19(22)24-3/h4-11H,12-13H2,1-3H3/b9-7+. The fraction of sp³-hybridized carbons (Fsp3) is 0.263. The van der Waals surface area contributed by atoms with Gasteiger partial charge in [-0.05, 0) is 35.9 Å². The van der Waals surface area contributed by atoms with E-state index in [0.717, 1.165) is 5.56 Å². The summed E-state index contributed by atoms with van der Waals surface area (Å²) < 4.78 is 20.6. The van der Waals surface area contributed by atoms with Crippen LogP contribution in [0.5, 0.6) is 11.5 Å². The third-order valence-corrected chi connectivity index (χ3v) is 3.55. The van der Waals surface area contributed by atoms with Crippen LogP contribution in [0.1, 0.15) is 11.3 Å². The van der Waals surface area contributed by atoms with Gasteiger partial charge in [0.05, 0.1) is 27.0 Å². The molecule has 1 amide bonds. The van der Waals surface area contributed by atoms with E-state index in [0.29, 0.717) is 23.8 Å². The molecule has 0 N–H and O–H groups in total. The number of hydrogen-bond acceptors (Lipinski definition) is 6. The first-order chi connectivity index (χ1) is 12.5.